The van der Waals surface area contributed by atoms with Gasteiger partial charge in [-0.25, -0.2) is 0 Å². The fraction of sp³-hybridized carbons (Fsp3) is 0.462. The summed E-state index contributed by atoms with van der Waals surface area (Å²) in [6.07, 6.45) is 13.5. The van der Waals surface area contributed by atoms with Gasteiger partial charge in [0.15, 0.2) is 0 Å². The van der Waals surface area contributed by atoms with Crippen LogP contribution >= 0.6 is 0 Å². The van der Waals surface area contributed by atoms with Crippen LogP contribution in [0.25, 0.3) is 6.08 Å². The molecule has 1 unspecified atom stereocenters. The van der Waals surface area contributed by atoms with Crippen molar-refractivity contribution in [3.05, 3.63) is 77.4 Å². The summed E-state index contributed by atoms with van der Waals surface area (Å²) < 4.78 is 0. The van der Waals surface area contributed by atoms with Crippen LogP contribution < -0.4 is 0 Å². The predicted octanol–water partition coefficient (Wildman–Crippen LogP) is 7.25. The van der Waals surface area contributed by atoms with Crippen molar-refractivity contribution >= 4 is 6.08 Å². The molecule has 1 heteroatoms. The highest BCUT2D eigenvalue weighted by Gasteiger charge is 2.31. The summed E-state index contributed by atoms with van der Waals surface area (Å²) in [5.74, 6) is 1.15. The quantitative estimate of drug-likeness (QED) is 0.545. The Labute approximate surface area is 168 Å². The van der Waals surface area contributed by atoms with Crippen molar-refractivity contribution in [3.63, 3.8) is 0 Å². The monoisotopic (exact) mass is 365 g/mol. The molecule has 1 aliphatic carbocycles. The van der Waals surface area contributed by atoms with Crippen molar-refractivity contribution in [1.82, 2.24) is 4.90 Å². The van der Waals surface area contributed by atoms with E-state index in [0.29, 0.717) is 11.8 Å². The molecule has 1 atom stereocenters. The van der Waals surface area contributed by atoms with Crippen LogP contribution in [0.2, 0.25) is 0 Å². The first kappa shape index (κ1) is 23.2. The van der Waals surface area contributed by atoms with E-state index in [0.717, 1.165) is 0 Å². The number of hydrogen-bond acceptors (Lipinski definition) is 1. The first-order valence-corrected chi connectivity index (χ1v) is 10.7. The van der Waals surface area contributed by atoms with E-state index in [1.165, 1.54) is 48.2 Å². The van der Waals surface area contributed by atoms with E-state index in [9.17, 15) is 0 Å². The molecule has 1 fully saturated rings. The van der Waals surface area contributed by atoms with Gasteiger partial charge in [-0.15, -0.1) is 0 Å². The van der Waals surface area contributed by atoms with Gasteiger partial charge in [-0.05, 0) is 68.1 Å². The van der Waals surface area contributed by atoms with Gasteiger partial charge in [0, 0.05) is 5.92 Å². The zero-order valence-electron chi connectivity index (χ0n) is 18.3. The molecule has 1 nitrogen and oxygen atoms in total. The maximum atomic E-state index is 4.16. The highest BCUT2D eigenvalue weighted by molar-refractivity contribution is 5.65. The van der Waals surface area contributed by atoms with E-state index in [2.05, 4.69) is 80.1 Å². The highest BCUT2D eigenvalue weighted by Crippen LogP contribution is 2.43. The van der Waals surface area contributed by atoms with Gasteiger partial charge in [0.25, 0.3) is 0 Å². The number of benzene rings is 1. The summed E-state index contributed by atoms with van der Waals surface area (Å²) in [7, 11) is 2.23. The molecule has 0 saturated carbocycles. The third kappa shape index (κ3) is 5.81. The molecule has 1 saturated heterocycles. The van der Waals surface area contributed by atoms with Crippen LogP contribution in [-0.2, 0) is 0 Å². The van der Waals surface area contributed by atoms with Gasteiger partial charge >= 0.3 is 0 Å². The molecule has 0 bridgehead atoms. The molecule has 148 valence electrons. The Morgan fingerprint density at radius 2 is 1.63 bits per heavy atom. The van der Waals surface area contributed by atoms with Crippen molar-refractivity contribution in [2.45, 2.75) is 53.4 Å². The van der Waals surface area contributed by atoms with Gasteiger partial charge in [0.05, 0.1) is 0 Å². The summed E-state index contributed by atoms with van der Waals surface area (Å²) in [6.45, 7) is 16.6. The molecule has 1 aromatic carbocycles. The van der Waals surface area contributed by atoms with E-state index in [1.807, 2.05) is 27.7 Å². The maximum Gasteiger partial charge on any atom is 0.0130 e. The molecular formula is C26H39N. The van der Waals surface area contributed by atoms with Crippen molar-refractivity contribution in [3.8, 4) is 0 Å². The Kier molecular flexibility index (Phi) is 10.7. The zero-order valence-corrected chi connectivity index (χ0v) is 18.3. The average Bonchev–Trinajstić information content (AvgIpc) is 2.89. The second-order valence-electron chi connectivity index (χ2n) is 6.70. The Bertz CT molecular complexity index is 655. The molecule has 1 aromatic rings. The number of piperidine rings is 1. The lowest BCUT2D eigenvalue weighted by molar-refractivity contribution is 0.207. The Balaban J connectivity index is 0.000000855. The lowest BCUT2D eigenvalue weighted by Crippen LogP contribution is -2.33. The lowest BCUT2D eigenvalue weighted by atomic mass is 9.74. The smallest absolute Gasteiger partial charge is 0.0130 e. The summed E-state index contributed by atoms with van der Waals surface area (Å²) >= 11 is 0. The van der Waals surface area contributed by atoms with E-state index in [-0.39, 0.29) is 0 Å². The molecule has 0 N–H and O–H groups in total. The molecule has 3 rings (SSSR count). The molecule has 27 heavy (non-hydrogen) atoms. The van der Waals surface area contributed by atoms with Gasteiger partial charge in [-0.2, -0.15) is 0 Å². The number of rotatable bonds is 3. The number of nitrogens with zero attached hydrogens (tertiary/aromatic N) is 1. The fourth-order valence-corrected chi connectivity index (χ4v) is 4.01. The van der Waals surface area contributed by atoms with Crippen molar-refractivity contribution in [2.24, 2.45) is 5.92 Å². The SMILES string of the molecule is C=CC1=C(/C=C\C)C=Cc2ccccc2C1C1CCN(C)CC1.CC.CC. The number of allylic oxidation sites excluding steroid dienone is 6. The molecule has 1 aliphatic heterocycles. The minimum atomic E-state index is 0.457. The van der Waals surface area contributed by atoms with Crippen LogP contribution in [0.1, 0.15) is 64.5 Å². The molecule has 0 radical (unpaired) electrons. The summed E-state index contributed by atoms with van der Waals surface area (Å²) in [4.78, 5) is 2.45. The topological polar surface area (TPSA) is 3.24 Å². The Hall–Kier alpha value is -1.86. The van der Waals surface area contributed by atoms with Crippen LogP contribution in [-0.4, -0.2) is 25.0 Å². The van der Waals surface area contributed by atoms with Crippen molar-refractivity contribution < 1.29 is 0 Å². The molecule has 2 aliphatic rings. The van der Waals surface area contributed by atoms with Gasteiger partial charge in [-0.1, -0.05) is 88.9 Å². The van der Waals surface area contributed by atoms with Crippen LogP contribution in [0.4, 0.5) is 0 Å². The Morgan fingerprint density at radius 3 is 2.22 bits per heavy atom. The number of fused-ring (bicyclic) bond motifs is 1. The van der Waals surface area contributed by atoms with Gasteiger partial charge < -0.3 is 4.90 Å². The third-order valence-electron chi connectivity index (χ3n) is 5.24. The highest BCUT2D eigenvalue weighted by atomic mass is 15.1. The first-order chi connectivity index (χ1) is 13.2. The maximum absolute atomic E-state index is 4.16. The van der Waals surface area contributed by atoms with Crippen molar-refractivity contribution in [1.29, 1.82) is 0 Å². The summed E-state index contributed by atoms with van der Waals surface area (Å²) in [5, 5.41) is 0. The van der Waals surface area contributed by atoms with Crippen LogP contribution in [0, 0.1) is 5.92 Å². The number of likely N-dealkylation sites (tertiary alicyclic amines) is 1. The van der Waals surface area contributed by atoms with Gasteiger partial charge in [0.2, 0.25) is 0 Å². The van der Waals surface area contributed by atoms with Gasteiger partial charge in [-0.3, -0.25) is 0 Å². The normalized spacial score (nSPS) is 20.1. The van der Waals surface area contributed by atoms with Crippen molar-refractivity contribution in [2.75, 3.05) is 20.1 Å². The minimum absolute atomic E-state index is 0.457. The average molecular weight is 366 g/mol. The lowest BCUT2D eigenvalue weighted by Gasteiger charge is -2.36. The van der Waals surface area contributed by atoms with Crippen LogP contribution in [0.3, 0.4) is 0 Å². The standard InChI is InChI=1S/C22H27N.2C2H6/c1-4-8-17-11-12-18-9-6-7-10-21(18)22(20(17)5-2)19-13-15-23(3)16-14-19;2*1-2/h4-12,19,22H,2,13-16H2,1,3H3;2*1-2H3/b8-4-;;. The second kappa shape index (κ2) is 12.5. The first-order valence-electron chi connectivity index (χ1n) is 10.7. The molecule has 1 heterocycles. The van der Waals surface area contributed by atoms with E-state index < -0.39 is 0 Å². The number of hydrogen-bond donors (Lipinski definition) is 0. The fourth-order valence-electron chi connectivity index (χ4n) is 4.01. The predicted molar refractivity (Wildman–Crippen MR) is 123 cm³/mol. The summed E-state index contributed by atoms with van der Waals surface area (Å²) in [5.41, 5.74) is 5.52. The van der Waals surface area contributed by atoms with E-state index in [1.54, 1.807) is 0 Å². The minimum Gasteiger partial charge on any atom is -0.306 e. The molecule has 0 aromatic heterocycles. The largest absolute Gasteiger partial charge is 0.306 e. The zero-order chi connectivity index (χ0) is 20.2. The van der Waals surface area contributed by atoms with E-state index >= 15 is 0 Å². The van der Waals surface area contributed by atoms with Gasteiger partial charge in [0.1, 0.15) is 0 Å². The van der Waals surface area contributed by atoms with Crippen LogP contribution in [0.5, 0.6) is 0 Å². The summed E-state index contributed by atoms with van der Waals surface area (Å²) in [6, 6.07) is 8.87. The Morgan fingerprint density at radius 1 is 1.00 bits per heavy atom. The third-order valence-corrected chi connectivity index (χ3v) is 5.24. The van der Waals surface area contributed by atoms with E-state index in [4.69, 9.17) is 0 Å². The molecular weight excluding hydrogens is 326 g/mol. The molecule has 0 amide bonds. The van der Waals surface area contributed by atoms with Crippen LogP contribution in [0.15, 0.2) is 66.3 Å². The molecule has 0 spiro atoms. The second-order valence-corrected chi connectivity index (χ2v) is 6.70.